The van der Waals surface area contributed by atoms with Gasteiger partial charge in [0.2, 0.25) is 5.91 Å². The number of carbonyl (C=O) groups is 2. The first-order valence-corrected chi connectivity index (χ1v) is 6.02. The molecule has 0 radical (unpaired) electrons. The van der Waals surface area contributed by atoms with Gasteiger partial charge in [-0.25, -0.2) is 0 Å². The average molecular weight is 266 g/mol. The predicted molar refractivity (Wildman–Crippen MR) is 70.0 cm³/mol. The van der Waals surface area contributed by atoms with Gasteiger partial charge in [-0.2, -0.15) is 0 Å². The molecule has 19 heavy (non-hydrogen) atoms. The molecule has 104 valence electrons. The van der Waals surface area contributed by atoms with Crippen LogP contribution in [0.25, 0.3) is 0 Å². The highest BCUT2D eigenvalue weighted by Crippen LogP contribution is 2.29. The number of amides is 2. The van der Waals surface area contributed by atoms with Crippen LogP contribution in [0.4, 0.5) is 0 Å². The van der Waals surface area contributed by atoms with Crippen molar-refractivity contribution in [3.63, 3.8) is 0 Å². The Labute approximate surface area is 111 Å². The first-order chi connectivity index (χ1) is 9.01. The number of nitrogens with one attached hydrogen (secondary N) is 1. The normalized spacial score (nSPS) is 10.0. The van der Waals surface area contributed by atoms with E-state index in [0.29, 0.717) is 13.0 Å². The van der Waals surface area contributed by atoms with E-state index < -0.39 is 11.7 Å². The summed E-state index contributed by atoms with van der Waals surface area (Å²) in [5.74, 6) is -1.60. The Morgan fingerprint density at radius 3 is 2.58 bits per heavy atom. The maximum absolute atomic E-state index is 12.2. The van der Waals surface area contributed by atoms with E-state index in [-0.39, 0.29) is 23.8 Å². The molecule has 0 heterocycles. The fraction of sp³-hybridized carbons (Fsp3) is 0.385. The zero-order chi connectivity index (χ0) is 14.4. The van der Waals surface area contributed by atoms with Gasteiger partial charge in [0.1, 0.15) is 0 Å². The molecule has 2 amide bonds. The van der Waals surface area contributed by atoms with Crippen molar-refractivity contribution in [2.45, 2.75) is 13.3 Å². The van der Waals surface area contributed by atoms with Crippen LogP contribution in [0.3, 0.4) is 0 Å². The van der Waals surface area contributed by atoms with Crippen LogP contribution in [0, 0.1) is 0 Å². The predicted octanol–water partition coefficient (Wildman–Crippen LogP) is 0.696. The molecule has 6 nitrogen and oxygen atoms in total. The average Bonchev–Trinajstić information content (AvgIpc) is 2.40. The molecule has 0 fully saturated rings. The number of likely N-dealkylation sites (N-methyl/N-ethyl adjacent to an activating group) is 1. The molecule has 1 rings (SSSR count). The van der Waals surface area contributed by atoms with Crippen molar-refractivity contribution in [1.29, 1.82) is 0 Å². The molecule has 0 aliphatic carbocycles. The number of phenols is 2. The Hall–Kier alpha value is -2.24. The van der Waals surface area contributed by atoms with Crippen LogP contribution in [-0.4, -0.2) is 47.1 Å². The highest BCUT2D eigenvalue weighted by atomic mass is 16.3. The fourth-order valence-corrected chi connectivity index (χ4v) is 1.65. The number of rotatable bonds is 5. The number of para-hydroxylation sites is 1. The first-order valence-electron chi connectivity index (χ1n) is 6.02. The van der Waals surface area contributed by atoms with Crippen molar-refractivity contribution >= 4 is 11.8 Å². The van der Waals surface area contributed by atoms with Gasteiger partial charge in [0.15, 0.2) is 11.5 Å². The van der Waals surface area contributed by atoms with Crippen LogP contribution >= 0.6 is 0 Å². The molecule has 0 saturated heterocycles. The topological polar surface area (TPSA) is 89.9 Å². The Morgan fingerprint density at radius 2 is 2.00 bits per heavy atom. The summed E-state index contributed by atoms with van der Waals surface area (Å²) < 4.78 is 0. The van der Waals surface area contributed by atoms with E-state index in [1.807, 2.05) is 6.92 Å². The van der Waals surface area contributed by atoms with Gasteiger partial charge in [0.25, 0.3) is 5.91 Å². The third kappa shape index (κ3) is 3.61. The third-order valence-corrected chi connectivity index (χ3v) is 2.64. The molecule has 0 atom stereocenters. The zero-order valence-corrected chi connectivity index (χ0v) is 11.0. The molecule has 1 aromatic carbocycles. The van der Waals surface area contributed by atoms with E-state index >= 15 is 0 Å². The van der Waals surface area contributed by atoms with Gasteiger partial charge in [0.05, 0.1) is 12.1 Å². The number of hydrogen-bond donors (Lipinski definition) is 3. The van der Waals surface area contributed by atoms with Crippen molar-refractivity contribution in [3.05, 3.63) is 23.8 Å². The summed E-state index contributed by atoms with van der Waals surface area (Å²) in [5, 5.41) is 21.5. The molecule has 0 aliphatic rings. The number of aromatic hydroxyl groups is 2. The summed E-state index contributed by atoms with van der Waals surface area (Å²) >= 11 is 0. The third-order valence-electron chi connectivity index (χ3n) is 2.64. The van der Waals surface area contributed by atoms with Gasteiger partial charge in [-0.15, -0.1) is 0 Å². The van der Waals surface area contributed by atoms with Crippen LogP contribution < -0.4 is 5.32 Å². The van der Waals surface area contributed by atoms with Gasteiger partial charge in [-0.3, -0.25) is 9.59 Å². The zero-order valence-electron chi connectivity index (χ0n) is 11.0. The van der Waals surface area contributed by atoms with Gasteiger partial charge < -0.3 is 20.4 Å². The van der Waals surface area contributed by atoms with Gasteiger partial charge in [-0.05, 0) is 18.6 Å². The van der Waals surface area contributed by atoms with Crippen LogP contribution in [-0.2, 0) is 4.79 Å². The van der Waals surface area contributed by atoms with Crippen molar-refractivity contribution in [2.75, 3.05) is 20.1 Å². The Balaban J connectivity index is 2.98. The molecular weight excluding hydrogens is 248 g/mol. The monoisotopic (exact) mass is 266 g/mol. The Bertz CT molecular complexity index is 474. The van der Waals surface area contributed by atoms with Gasteiger partial charge >= 0.3 is 0 Å². The van der Waals surface area contributed by atoms with Crippen LogP contribution in [0.2, 0.25) is 0 Å². The van der Waals surface area contributed by atoms with Crippen LogP contribution in [0.15, 0.2) is 18.2 Å². The van der Waals surface area contributed by atoms with E-state index in [9.17, 15) is 19.8 Å². The van der Waals surface area contributed by atoms with E-state index in [2.05, 4.69) is 5.32 Å². The van der Waals surface area contributed by atoms with E-state index in [1.54, 1.807) is 0 Å². The van der Waals surface area contributed by atoms with Crippen molar-refractivity contribution in [3.8, 4) is 11.5 Å². The second-order valence-corrected chi connectivity index (χ2v) is 4.07. The fourth-order valence-electron chi connectivity index (χ4n) is 1.65. The number of carbonyl (C=O) groups excluding carboxylic acids is 2. The molecule has 1 aromatic rings. The smallest absolute Gasteiger partial charge is 0.258 e. The van der Waals surface area contributed by atoms with Crippen molar-refractivity contribution < 1.29 is 19.8 Å². The van der Waals surface area contributed by atoms with Gasteiger partial charge in [0, 0.05) is 13.6 Å². The molecule has 0 bridgehead atoms. The maximum Gasteiger partial charge on any atom is 0.258 e. The van der Waals surface area contributed by atoms with Gasteiger partial charge in [-0.1, -0.05) is 13.0 Å². The summed E-state index contributed by atoms with van der Waals surface area (Å²) in [6.45, 7) is 2.19. The quantitative estimate of drug-likeness (QED) is 0.684. The molecule has 6 heteroatoms. The molecule has 0 aromatic heterocycles. The molecule has 0 saturated carbocycles. The molecule has 0 unspecified atom stereocenters. The largest absolute Gasteiger partial charge is 0.504 e. The minimum atomic E-state index is -0.487. The molecule has 3 N–H and O–H groups in total. The highest BCUT2D eigenvalue weighted by Gasteiger charge is 2.21. The maximum atomic E-state index is 12.2. The minimum absolute atomic E-state index is 0.0163. The summed E-state index contributed by atoms with van der Waals surface area (Å²) in [6, 6.07) is 4.16. The Kier molecular flexibility index (Phi) is 5.17. The summed E-state index contributed by atoms with van der Waals surface area (Å²) in [5.41, 5.74) is -0.0163. The standard InChI is InChI=1S/C13H18N2O4/c1-3-7-15(8-11(17)14-2)13(19)9-5-4-6-10(16)12(9)18/h4-6,16,18H,3,7-8H2,1-2H3,(H,14,17). The molecule has 0 spiro atoms. The number of benzene rings is 1. The lowest BCUT2D eigenvalue weighted by atomic mass is 10.1. The van der Waals surface area contributed by atoms with Crippen molar-refractivity contribution in [2.24, 2.45) is 0 Å². The second kappa shape index (κ2) is 6.63. The minimum Gasteiger partial charge on any atom is -0.504 e. The summed E-state index contributed by atoms with van der Waals surface area (Å²) in [4.78, 5) is 24.9. The first kappa shape index (κ1) is 14.8. The van der Waals surface area contributed by atoms with Crippen LogP contribution in [0.5, 0.6) is 11.5 Å². The SMILES string of the molecule is CCCN(CC(=O)NC)C(=O)c1cccc(O)c1O. The lowest BCUT2D eigenvalue weighted by molar-refractivity contribution is -0.121. The number of hydrogen-bond acceptors (Lipinski definition) is 4. The van der Waals surface area contributed by atoms with E-state index in [1.165, 1.54) is 30.1 Å². The molecular formula is C13H18N2O4. The number of phenolic OH excluding ortho intramolecular Hbond substituents is 2. The molecule has 0 aliphatic heterocycles. The summed E-state index contributed by atoms with van der Waals surface area (Å²) in [6.07, 6.45) is 0.683. The lowest BCUT2D eigenvalue weighted by Crippen LogP contribution is -2.40. The number of nitrogens with zero attached hydrogens (tertiary/aromatic N) is 1. The van der Waals surface area contributed by atoms with Crippen LogP contribution in [0.1, 0.15) is 23.7 Å². The lowest BCUT2D eigenvalue weighted by Gasteiger charge is -2.21. The van der Waals surface area contributed by atoms with Crippen molar-refractivity contribution in [1.82, 2.24) is 10.2 Å². The summed E-state index contributed by atoms with van der Waals surface area (Å²) in [7, 11) is 1.49. The van der Waals surface area contributed by atoms with E-state index in [4.69, 9.17) is 0 Å². The second-order valence-electron chi connectivity index (χ2n) is 4.07. The Morgan fingerprint density at radius 1 is 1.32 bits per heavy atom. The highest BCUT2D eigenvalue weighted by molar-refractivity contribution is 5.99. The van der Waals surface area contributed by atoms with E-state index in [0.717, 1.165) is 0 Å².